The third kappa shape index (κ3) is 4.84. The second kappa shape index (κ2) is 8.08. The van der Waals surface area contributed by atoms with Crippen LogP contribution < -0.4 is 5.32 Å². The van der Waals surface area contributed by atoms with Crippen molar-refractivity contribution in [1.82, 2.24) is 10.2 Å². The van der Waals surface area contributed by atoms with Crippen molar-refractivity contribution in [3.63, 3.8) is 0 Å². The number of rotatable bonds is 9. The molecule has 0 bridgehead atoms. The van der Waals surface area contributed by atoms with Crippen LogP contribution in [0.5, 0.6) is 0 Å². The molecule has 1 aliphatic rings. The quantitative estimate of drug-likeness (QED) is 0.650. The number of nitrogens with zero attached hydrogens (tertiary/aromatic N) is 1. The highest BCUT2D eigenvalue weighted by Gasteiger charge is 2.19. The molecule has 0 atom stereocenters. The van der Waals surface area contributed by atoms with Crippen molar-refractivity contribution in [2.45, 2.75) is 58.9 Å². The Morgan fingerprint density at radius 1 is 1.19 bits per heavy atom. The molecule has 1 aliphatic carbocycles. The fourth-order valence-electron chi connectivity index (χ4n) is 2.42. The molecule has 0 spiro atoms. The minimum atomic E-state index is 0.724. The van der Waals surface area contributed by atoms with Crippen LogP contribution in [0.4, 0.5) is 0 Å². The molecule has 1 fully saturated rings. The molecule has 0 unspecified atom stereocenters. The Morgan fingerprint density at radius 3 is 2.31 bits per heavy atom. The van der Waals surface area contributed by atoms with E-state index in [0.29, 0.717) is 0 Å². The highest BCUT2D eigenvalue weighted by molar-refractivity contribution is 4.74. The van der Waals surface area contributed by atoms with E-state index in [9.17, 15) is 0 Å². The minimum absolute atomic E-state index is 0.724. The van der Waals surface area contributed by atoms with Crippen LogP contribution in [0.1, 0.15) is 52.9 Å². The fourth-order valence-corrected chi connectivity index (χ4v) is 2.42. The number of likely N-dealkylation sites (N-methyl/N-ethyl adjacent to an activating group) is 1. The van der Waals surface area contributed by atoms with Crippen LogP contribution in [0, 0.1) is 5.92 Å². The van der Waals surface area contributed by atoms with Crippen LogP contribution in [0.15, 0.2) is 0 Å². The normalized spacial score (nSPS) is 17.1. The van der Waals surface area contributed by atoms with Gasteiger partial charge in [-0.2, -0.15) is 0 Å². The first-order valence-electron chi connectivity index (χ1n) is 7.25. The van der Waals surface area contributed by atoms with E-state index in [4.69, 9.17) is 0 Å². The Hall–Kier alpha value is -0.0800. The van der Waals surface area contributed by atoms with Gasteiger partial charge in [0.25, 0.3) is 0 Å². The lowest BCUT2D eigenvalue weighted by atomic mass is 9.85. The van der Waals surface area contributed by atoms with Gasteiger partial charge in [0.1, 0.15) is 0 Å². The average Bonchev–Trinajstić information content (AvgIpc) is 2.26. The third-order valence-corrected chi connectivity index (χ3v) is 4.03. The van der Waals surface area contributed by atoms with Crippen molar-refractivity contribution in [3.8, 4) is 0 Å². The molecule has 0 saturated heterocycles. The summed E-state index contributed by atoms with van der Waals surface area (Å²) in [5, 5.41) is 3.65. The molecule has 0 aromatic heterocycles. The van der Waals surface area contributed by atoms with Crippen LogP contribution in [-0.4, -0.2) is 37.1 Å². The van der Waals surface area contributed by atoms with Crippen LogP contribution >= 0.6 is 0 Å². The molecule has 0 aliphatic heterocycles. The maximum Gasteiger partial charge on any atom is 0.0107 e. The lowest BCUT2D eigenvalue weighted by Crippen LogP contribution is -2.39. The smallest absolute Gasteiger partial charge is 0.0107 e. The fraction of sp³-hybridized carbons (Fsp3) is 1.00. The van der Waals surface area contributed by atoms with Gasteiger partial charge in [-0.25, -0.2) is 0 Å². The predicted molar refractivity (Wildman–Crippen MR) is 71.8 cm³/mol. The predicted octanol–water partition coefficient (Wildman–Crippen LogP) is 2.89. The second-order valence-corrected chi connectivity index (χ2v) is 5.16. The van der Waals surface area contributed by atoms with Crippen molar-refractivity contribution in [2.75, 3.05) is 26.2 Å². The van der Waals surface area contributed by atoms with E-state index in [1.165, 1.54) is 51.7 Å². The van der Waals surface area contributed by atoms with Gasteiger partial charge in [-0.15, -0.1) is 0 Å². The highest BCUT2D eigenvalue weighted by atomic mass is 15.1. The highest BCUT2D eigenvalue weighted by Crippen LogP contribution is 2.26. The van der Waals surface area contributed by atoms with Gasteiger partial charge < -0.3 is 10.2 Å². The van der Waals surface area contributed by atoms with Crippen molar-refractivity contribution in [2.24, 2.45) is 5.92 Å². The van der Waals surface area contributed by atoms with Crippen LogP contribution in [0.25, 0.3) is 0 Å². The zero-order chi connectivity index (χ0) is 11.8. The van der Waals surface area contributed by atoms with Gasteiger partial charge in [0.05, 0.1) is 0 Å². The van der Waals surface area contributed by atoms with E-state index >= 15 is 0 Å². The van der Waals surface area contributed by atoms with Crippen molar-refractivity contribution < 1.29 is 0 Å². The molecule has 2 nitrogen and oxygen atoms in total. The first-order chi connectivity index (χ1) is 7.80. The van der Waals surface area contributed by atoms with E-state index in [1.54, 1.807) is 0 Å². The molecule has 16 heavy (non-hydrogen) atoms. The van der Waals surface area contributed by atoms with Crippen molar-refractivity contribution >= 4 is 0 Å². The van der Waals surface area contributed by atoms with Gasteiger partial charge >= 0.3 is 0 Å². The Balaban J connectivity index is 2.07. The molecule has 1 N–H and O–H groups in total. The van der Waals surface area contributed by atoms with Crippen LogP contribution in [-0.2, 0) is 0 Å². The Bertz CT molecular complexity index is 162. The monoisotopic (exact) mass is 226 g/mol. The molecule has 0 heterocycles. The second-order valence-electron chi connectivity index (χ2n) is 5.16. The summed E-state index contributed by atoms with van der Waals surface area (Å²) in [6, 6.07) is 0.724. The molecule has 1 saturated carbocycles. The van der Waals surface area contributed by atoms with Gasteiger partial charge in [-0.1, -0.05) is 27.2 Å². The Kier molecular flexibility index (Phi) is 7.06. The topological polar surface area (TPSA) is 15.3 Å². The Labute approximate surface area is 102 Å². The summed E-state index contributed by atoms with van der Waals surface area (Å²) in [6.07, 6.45) is 6.91. The van der Waals surface area contributed by atoms with E-state index < -0.39 is 0 Å². The standard InChI is InChI=1S/C14H30N2/c1-4-14(5-2)15-10-11-16(6-3)12-13-8-7-9-13/h13-15H,4-12H2,1-3H3. The molecule has 0 aromatic rings. The third-order valence-electron chi connectivity index (χ3n) is 4.03. The van der Waals surface area contributed by atoms with Gasteiger partial charge in [0.15, 0.2) is 0 Å². The van der Waals surface area contributed by atoms with E-state index in [0.717, 1.165) is 18.5 Å². The van der Waals surface area contributed by atoms with E-state index in [1.807, 2.05) is 0 Å². The van der Waals surface area contributed by atoms with E-state index in [2.05, 4.69) is 31.0 Å². The zero-order valence-corrected chi connectivity index (χ0v) is 11.5. The number of hydrogen-bond donors (Lipinski definition) is 1. The summed E-state index contributed by atoms with van der Waals surface area (Å²) in [5.74, 6) is 1.01. The first-order valence-corrected chi connectivity index (χ1v) is 7.25. The lowest BCUT2D eigenvalue weighted by molar-refractivity contribution is 0.183. The summed E-state index contributed by atoms with van der Waals surface area (Å²) in [7, 11) is 0. The SMILES string of the molecule is CCC(CC)NCCN(CC)CC1CCC1. The van der Waals surface area contributed by atoms with Crippen LogP contribution in [0.3, 0.4) is 0 Å². The Morgan fingerprint density at radius 2 is 1.88 bits per heavy atom. The van der Waals surface area contributed by atoms with Gasteiger partial charge in [0, 0.05) is 25.7 Å². The van der Waals surface area contributed by atoms with E-state index in [-0.39, 0.29) is 0 Å². The number of hydrogen-bond acceptors (Lipinski definition) is 2. The summed E-state index contributed by atoms with van der Waals surface area (Å²) in [5.41, 5.74) is 0. The molecule has 0 amide bonds. The van der Waals surface area contributed by atoms with Gasteiger partial charge in [-0.05, 0) is 38.1 Å². The van der Waals surface area contributed by atoms with Gasteiger partial charge in [-0.3, -0.25) is 0 Å². The first kappa shape index (κ1) is 14.0. The molecular formula is C14H30N2. The summed E-state index contributed by atoms with van der Waals surface area (Å²) in [6.45, 7) is 11.8. The summed E-state index contributed by atoms with van der Waals surface area (Å²) >= 11 is 0. The lowest BCUT2D eigenvalue weighted by Gasteiger charge is -2.32. The van der Waals surface area contributed by atoms with Crippen molar-refractivity contribution in [3.05, 3.63) is 0 Å². The van der Waals surface area contributed by atoms with Crippen LogP contribution in [0.2, 0.25) is 0 Å². The molecule has 2 heteroatoms. The summed E-state index contributed by atoms with van der Waals surface area (Å²) < 4.78 is 0. The van der Waals surface area contributed by atoms with Gasteiger partial charge in [0.2, 0.25) is 0 Å². The average molecular weight is 226 g/mol. The maximum atomic E-state index is 3.65. The zero-order valence-electron chi connectivity index (χ0n) is 11.5. The summed E-state index contributed by atoms with van der Waals surface area (Å²) in [4.78, 5) is 2.61. The molecule has 0 aromatic carbocycles. The molecule has 96 valence electrons. The van der Waals surface area contributed by atoms with Crippen molar-refractivity contribution in [1.29, 1.82) is 0 Å². The maximum absolute atomic E-state index is 3.65. The molecule has 0 radical (unpaired) electrons. The minimum Gasteiger partial charge on any atom is -0.313 e. The number of nitrogens with one attached hydrogen (secondary N) is 1. The molecule has 1 rings (SSSR count). The largest absolute Gasteiger partial charge is 0.313 e. The molecular weight excluding hydrogens is 196 g/mol.